The Kier molecular flexibility index (Phi) is 7.28. The molecule has 0 aliphatic rings. The van der Waals surface area contributed by atoms with Crippen molar-refractivity contribution < 1.29 is 9.47 Å². The molecule has 0 bridgehead atoms. The summed E-state index contributed by atoms with van der Waals surface area (Å²) in [5, 5.41) is 0. The molecule has 0 saturated carbocycles. The van der Waals surface area contributed by atoms with Gasteiger partial charge in [0.15, 0.2) is 0 Å². The first-order valence-corrected chi connectivity index (χ1v) is 4.37. The van der Waals surface area contributed by atoms with Gasteiger partial charge in [0.25, 0.3) is 0 Å². The van der Waals surface area contributed by atoms with E-state index in [1.165, 1.54) is 0 Å². The molecule has 4 heteroatoms. The third-order valence-electron chi connectivity index (χ3n) is 1.35. The van der Waals surface area contributed by atoms with Gasteiger partial charge in [0.05, 0.1) is 23.6 Å². The van der Waals surface area contributed by atoms with Gasteiger partial charge in [-0.05, 0) is 0 Å². The SMILES string of the molecule is COCCN([SiH3])CCOC. The lowest BCUT2D eigenvalue weighted by Gasteiger charge is -2.14. The zero-order valence-corrected chi connectivity index (χ0v) is 9.09. The monoisotopic (exact) mass is 163 g/mol. The van der Waals surface area contributed by atoms with Crippen molar-refractivity contribution >= 4 is 10.4 Å². The maximum Gasteiger partial charge on any atom is 0.0786 e. The van der Waals surface area contributed by atoms with Crippen LogP contribution in [0.25, 0.3) is 0 Å². The Bertz CT molecular complexity index is 64.8. The molecule has 0 aliphatic heterocycles. The minimum atomic E-state index is 0.827. The van der Waals surface area contributed by atoms with E-state index >= 15 is 0 Å². The summed E-state index contributed by atoms with van der Waals surface area (Å²) in [6.45, 7) is 3.72. The fourth-order valence-corrected chi connectivity index (χ4v) is 0.971. The van der Waals surface area contributed by atoms with E-state index in [0.717, 1.165) is 36.7 Å². The number of nitrogens with zero attached hydrogens (tertiary/aromatic N) is 1. The fraction of sp³-hybridized carbons (Fsp3) is 1.00. The van der Waals surface area contributed by atoms with Crippen LogP contribution < -0.4 is 0 Å². The Balaban J connectivity index is 3.00. The molecule has 0 N–H and O–H groups in total. The van der Waals surface area contributed by atoms with Crippen LogP contribution in [0, 0.1) is 0 Å². The Labute approximate surface area is 65.8 Å². The zero-order chi connectivity index (χ0) is 7.82. The van der Waals surface area contributed by atoms with Crippen molar-refractivity contribution in [3.05, 3.63) is 0 Å². The molecule has 3 nitrogen and oxygen atoms in total. The minimum absolute atomic E-state index is 0.827. The Morgan fingerprint density at radius 3 is 1.80 bits per heavy atom. The van der Waals surface area contributed by atoms with Crippen LogP contribution in [0.3, 0.4) is 0 Å². The lowest BCUT2D eigenvalue weighted by Crippen LogP contribution is -2.27. The van der Waals surface area contributed by atoms with E-state index in [-0.39, 0.29) is 0 Å². The van der Waals surface area contributed by atoms with Crippen LogP contribution in [0.5, 0.6) is 0 Å². The smallest absolute Gasteiger partial charge is 0.0786 e. The molecule has 0 spiro atoms. The second kappa shape index (κ2) is 7.21. The average Bonchev–Trinajstić information content (AvgIpc) is 1.97. The van der Waals surface area contributed by atoms with E-state index in [4.69, 9.17) is 9.47 Å². The molecule has 0 saturated heterocycles. The van der Waals surface area contributed by atoms with Crippen molar-refractivity contribution in [2.24, 2.45) is 0 Å². The van der Waals surface area contributed by atoms with Gasteiger partial charge >= 0.3 is 0 Å². The normalized spacial score (nSPS) is 11.1. The van der Waals surface area contributed by atoms with Crippen molar-refractivity contribution in [3.8, 4) is 0 Å². The van der Waals surface area contributed by atoms with Crippen molar-refractivity contribution in [2.75, 3.05) is 40.5 Å². The molecule has 0 amide bonds. The molecule has 0 radical (unpaired) electrons. The number of rotatable bonds is 6. The fourth-order valence-electron chi connectivity index (χ4n) is 0.606. The van der Waals surface area contributed by atoms with Crippen LogP contribution in [-0.2, 0) is 9.47 Å². The van der Waals surface area contributed by atoms with Gasteiger partial charge in [-0.2, -0.15) is 0 Å². The van der Waals surface area contributed by atoms with Crippen LogP contribution in [0.15, 0.2) is 0 Å². The topological polar surface area (TPSA) is 21.7 Å². The number of methoxy groups -OCH3 is 2. The second-order valence-electron chi connectivity index (χ2n) is 2.29. The number of hydrogen-bond donors (Lipinski definition) is 0. The van der Waals surface area contributed by atoms with Gasteiger partial charge in [-0.15, -0.1) is 0 Å². The maximum absolute atomic E-state index is 4.93. The Hall–Kier alpha value is 0.0969. The van der Waals surface area contributed by atoms with Crippen molar-refractivity contribution in [2.45, 2.75) is 0 Å². The summed E-state index contributed by atoms with van der Waals surface area (Å²) >= 11 is 0. The van der Waals surface area contributed by atoms with Gasteiger partial charge in [0.1, 0.15) is 0 Å². The van der Waals surface area contributed by atoms with E-state index in [0.29, 0.717) is 0 Å². The molecule has 0 fully saturated rings. The molecule has 0 unspecified atom stereocenters. The summed E-state index contributed by atoms with van der Waals surface area (Å²) in [7, 11) is 4.55. The highest BCUT2D eigenvalue weighted by atomic mass is 28.2. The largest absolute Gasteiger partial charge is 0.383 e. The highest BCUT2D eigenvalue weighted by Gasteiger charge is 1.94. The van der Waals surface area contributed by atoms with Crippen molar-refractivity contribution in [1.29, 1.82) is 0 Å². The number of hydrogen-bond acceptors (Lipinski definition) is 3. The van der Waals surface area contributed by atoms with Crippen LogP contribution in [0.1, 0.15) is 0 Å². The summed E-state index contributed by atoms with van der Waals surface area (Å²) < 4.78 is 12.2. The van der Waals surface area contributed by atoms with Gasteiger partial charge < -0.3 is 14.0 Å². The lowest BCUT2D eigenvalue weighted by atomic mass is 10.6. The third-order valence-corrected chi connectivity index (χ3v) is 2.25. The molecule has 0 aromatic carbocycles. The minimum Gasteiger partial charge on any atom is -0.383 e. The van der Waals surface area contributed by atoms with E-state index < -0.39 is 0 Å². The molecule has 0 atom stereocenters. The Morgan fingerprint density at radius 1 is 1.10 bits per heavy atom. The van der Waals surface area contributed by atoms with E-state index in [2.05, 4.69) is 4.57 Å². The second-order valence-corrected chi connectivity index (χ2v) is 3.55. The summed E-state index contributed by atoms with van der Waals surface area (Å²) in [6, 6.07) is 0. The predicted octanol–water partition coefficient (Wildman–Crippen LogP) is -1.14. The summed E-state index contributed by atoms with van der Waals surface area (Å²) in [6.07, 6.45) is 0. The molecule has 0 rings (SSSR count). The van der Waals surface area contributed by atoms with Gasteiger partial charge in [-0.3, -0.25) is 0 Å². The van der Waals surface area contributed by atoms with Gasteiger partial charge in [0.2, 0.25) is 0 Å². The molecule has 10 heavy (non-hydrogen) atoms. The average molecular weight is 163 g/mol. The standard InChI is InChI=1S/C6H17NO2Si/c1-8-5-3-7(10)4-6-9-2/h3-6H2,1-2,10H3. The van der Waals surface area contributed by atoms with Crippen LogP contribution in [0.2, 0.25) is 0 Å². The lowest BCUT2D eigenvalue weighted by molar-refractivity contribution is 0.152. The first kappa shape index (κ1) is 10.1. The molecule has 0 heterocycles. The van der Waals surface area contributed by atoms with E-state index in [1.54, 1.807) is 14.2 Å². The highest BCUT2D eigenvalue weighted by molar-refractivity contribution is 6.04. The predicted molar refractivity (Wildman–Crippen MR) is 45.3 cm³/mol. The Morgan fingerprint density at radius 2 is 1.50 bits per heavy atom. The molecule has 0 aliphatic carbocycles. The molecule has 0 aromatic heterocycles. The molecule has 62 valence electrons. The highest BCUT2D eigenvalue weighted by Crippen LogP contribution is 1.80. The van der Waals surface area contributed by atoms with E-state index in [1.807, 2.05) is 0 Å². The summed E-state index contributed by atoms with van der Waals surface area (Å²) in [4.78, 5) is 0. The summed E-state index contributed by atoms with van der Waals surface area (Å²) in [5.74, 6) is 0. The zero-order valence-electron chi connectivity index (χ0n) is 7.09. The van der Waals surface area contributed by atoms with Crippen molar-refractivity contribution in [3.63, 3.8) is 0 Å². The third kappa shape index (κ3) is 6.22. The quantitative estimate of drug-likeness (QED) is 0.462. The molecular formula is C6H17NO2Si. The van der Waals surface area contributed by atoms with Gasteiger partial charge in [0, 0.05) is 27.3 Å². The first-order valence-electron chi connectivity index (χ1n) is 3.47. The van der Waals surface area contributed by atoms with E-state index in [9.17, 15) is 0 Å². The van der Waals surface area contributed by atoms with Crippen LogP contribution in [0.4, 0.5) is 0 Å². The molecular weight excluding hydrogens is 146 g/mol. The maximum atomic E-state index is 4.93. The first-order chi connectivity index (χ1) is 4.81. The van der Waals surface area contributed by atoms with Gasteiger partial charge in [-0.25, -0.2) is 0 Å². The number of ether oxygens (including phenoxy) is 2. The summed E-state index contributed by atoms with van der Waals surface area (Å²) in [5.41, 5.74) is 0. The van der Waals surface area contributed by atoms with Crippen LogP contribution >= 0.6 is 0 Å². The van der Waals surface area contributed by atoms with Gasteiger partial charge in [-0.1, -0.05) is 0 Å². The molecule has 0 aromatic rings. The van der Waals surface area contributed by atoms with Crippen molar-refractivity contribution in [1.82, 2.24) is 4.57 Å². The van der Waals surface area contributed by atoms with Crippen LogP contribution in [-0.4, -0.2) is 55.5 Å².